The first kappa shape index (κ1) is 18.3. The van der Waals surface area contributed by atoms with E-state index in [4.69, 9.17) is 5.11 Å². The minimum absolute atomic E-state index is 0.170. The Morgan fingerprint density at radius 1 is 0.850 bits per heavy atom. The van der Waals surface area contributed by atoms with Crippen LogP contribution in [0.2, 0.25) is 0 Å². The summed E-state index contributed by atoms with van der Waals surface area (Å²) in [5, 5.41) is 35.6. The molecule has 10 nitrogen and oxygen atoms in total. The van der Waals surface area contributed by atoms with Crippen LogP contribution in [0.3, 0.4) is 0 Å². The first-order valence-electron chi connectivity index (χ1n) is 6.40. The van der Waals surface area contributed by atoms with Crippen LogP contribution in [0.1, 0.15) is 51.4 Å². The molecular weight excluding hydrogens is 276 g/mol. The summed E-state index contributed by atoms with van der Waals surface area (Å²) in [6.07, 6.45) is 4.93. The van der Waals surface area contributed by atoms with Gasteiger partial charge in [-0.15, -0.1) is 20.2 Å². The molecule has 0 amide bonds. The second-order valence-corrected chi connectivity index (χ2v) is 4.29. The zero-order chi connectivity index (χ0) is 15.4. The number of hydrogen-bond acceptors (Lipinski definition) is 8. The number of rotatable bonds is 13. The number of hydrogen-bond donors (Lipinski definition) is 2. The molecule has 0 aromatic carbocycles. The smallest absolute Gasteiger partial charge is 0.364 e. The van der Waals surface area contributed by atoms with Crippen molar-refractivity contribution in [1.82, 2.24) is 0 Å². The highest BCUT2D eigenvalue weighted by Gasteiger charge is 2.35. The SMILES string of the molecule is O=[N+]([O-])OC(O)(CCCCCCCCCO)O[N+](=O)[O-]. The summed E-state index contributed by atoms with van der Waals surface area (Å²) in [4.78, 5) is 27.9. The largest absolute Gasteiger partial charge is 0.396 e. The lowest BCUT2D eigenvalue weighted by Gasteiger charge is -2.22. The Balaban J connectivity index is 3.85. The summed E-state index contributed by atoms with van der Waals surface area (Å²) in [6.45, 7) is 0.170. The number of nitrogens with zero attached hydrogens (tertiary/aromatic N) is 2. The molecule has 0 aliphatic rings. The van der Waals surface area contributed by atoms with Gasteiger partial charge in [0.15, 0.2) is 0 Å². The molecule has 0 unspecified atom stereocenters. The first-order chi connectivity index (χ1) is 9.39. The molecule has 2 N–H and O–H groups in total. The minimum atomic E-state index is -2.84. The molecular formula is C10H20N2O8. The Morgan fingerprint density at radius 3 is 1.65 bits per heavy atom. The van der Waals surface area contributed by atoms with Gasteiger partial charge in [0.05, 0.1) is 0 Å². The van der Waals surface area contributed by atoms with E-state index in [1.165, 1.54) is 0 Å². The van der Waals surface area contributed by atoms with Crippen LogP contribution in [-0.4, -0.2) is 33.0 Å². The van der Waals surface area contributed by atoms with Crippen molar-refractivity contribution in [2.75, 3.05) is 6.61 Å². The van der Waals surface area contributed by atoms with Crippen molar-refractivity contribution in [3.05, 3.63) is 20.2 Å². The molecule has 0 aliphatic carbocycles. The maximum Gasteiger partial charge on any atom is 0.364 e. The predicted molar refractivity (Wildman–Crippen MR) is 65.1 cm³/mol. The lowest BCUT2D eigenvalue weighted by Crippen LogP contribution is -2.39. The molecule has 10 heteroatoms. The standard InChI is InChI=1S/C10H20N2O8/c13-9-7-5-3-1-2-4-6-8-10(14,19-11(15)16)20-12(17)18/h13-14H,1-9H2. The lowest BCUT2D eigenvalue weighted by molar-refractivity contribution is -0.894. The van der Waals surface area contributed by atoms with Gasteiger partial charge in [0.25, 0.3) is 10.2 Å². The highest BCUT2D eigenvalue weighted by atomic mass is 17.1. The van der Waals surface area contributed by atoms with Gasteiger partial charge in [0.1, 0.15) is 0 Å². The van der Waals surface area contributed by atoms with Gasteiger partial charge in [-0.3, -0.25) is 0 Å². The van der Waals surface area contributed by atoms with Gasteiger partial charge in [0.2, 0.25) is 0 Å². The fourth-order valence-corrected chi connectivity index (χ4v) is 1.68. The molecule has 118 valence electrons. The van der Waals surface area contributed by atoms with Crippen molar-refractivity contribution in [3.8, 4) is 0 Å². The van der Waals surface area contributed by atoms with E-state index in [2.05, 4.69) is 9.68 Å². The summed E-state index contributed by atoms with van der Waals surface area (Å²) in [5.74, 6) is -2.84. The first-order valence-corrected chi connectivity index (χ1v) is 6.40. The molecule has 0 spiro atoms. The molecule has 0 aromatic heterocycles. The second kappa shape index (κ2) is 10.1. The molecule has 20 heavy (non-hydrogen) atoms. The van der Waals surface area contributed by atoms with E-state index >= 15 is 0 Å². The highest BCUT2D eigenvalue weighted by molar-refractivity contribution is 4.53. The summed E-state index contributed by atoms with van der Waals surface area (Å²) in [6, 6.07) is 0. The van der Waals surface area contributed by atoms with Crippen LogP contribution in [0.4, 0.5) is 0 Å². The normalized spacial score (nSPS) is 11.1. The van der Waals surface area contributed by atoms with E-state index in [1.807, 2.05) is 0 Å². The van der Waals surface area contributed by atoms with Crippen LogP contribution < -0.4 is 0 Å². The van der Waals surface area contributed by atoms with Crippen molar-refractivity contribution >= 4 is 0 Å². The summed E-state index contributed by atoms with van der Waals surface area (Å²) < 4.78 is 0. The topological polar surface area (TPSA) is 145 Å². The van der Waals surface area contributed by atoms with Crippen LogP contribution in [-0.2, 0) is 9.68 Å². The predicted octanol–water partition coefficient (Wildman–Crippen LogP) is 1.16. The van der Waals surface area contributed by atoms with Crippen molar-refractivity contribution in [1.29, 1.82) is 0 Å². The van der Waals surface area contributed by atoms with Gasteiger partial charge >= 0.3 is 5.97 Å². The molecule has 0 fully saturated rings. The molecule has 0 aromatic rings. The molecule has 0 saturated carbocycles. The van der Waals surface area contributed by atoms with Crippen LogP contribution >= 0.6 is 0 Å². The minimum Gasteiger partial charge on any atom is -0.396 e. The van der Waals surface area contributed by atoms with E-state index < -0.39 is 16.1 Å². The van der Waals surface area contributed by atoms with E-state index in [9.17, 15) is 25.3 Å². The summed E-state index contributed by atoms with van der Waals surface area (Å²) in [5.41, 5.74) is 0. The average molecular weight is 296 g/mol. The molecule has 0 aliphatic heterocycles. The van der Waals surface area contributed by atoms with Crippen molar-refractivity contribution < 1.29 is 30.1 Å². The van der Waals surface area contributed by atoms with E-state index in [1.54, 1.807) is 0 Å². The van der Waals surface area contributed by atoms with Gasteiger partial charge in [-0.25, -0.2) is 9.68 Å². The molecule has 0 radical (unpaired) electrons. The number of aliphatic hydroxyl groups is 2. The van der Waals surface area contributed by atoms with Gasteiger partial charge in [-0.2, -0.15) is 0 Å². The Labute approximate surface area is 115 Å². The number of aliphatic hydroxyl groups excluding tert-OH is 1. The van der Waals surface area contributed by atoms with E-state index in [-0.39, 0.29) is 19.4 Å². The Bertz CT molecular complexity index is 283. The van der Waals surface area contributed by atoms with Crippen molar-refractivity contribution in [2.24, 2.45) is 0 Å². The Hall–Kier alpha value is -1.68. The van der Waals surface area contributed by atoms with Gasteiger partial charge < -0.3 is 10.2 Å². The van der Waals surface area contributed by atoms with Crippen molar-refractivity contribution in [3.63, 3.8) is 0 Å². The average Bonchev–Trinajstić information content (AvgIpc) is 2.30. The zero-order valence-corrected chi connectivity index (χ0v) is 11.1. The fourth-order valence-electron chi connectivity index (χ4n) is 1.68. The van der Waals surface area contributed by atoms with Gasteiger partial charge in [-0.05, 0) is 12.8 Å². The lowest BCUT2D eigenvalue weighted by atomic mass is 10.1. The molecule has 0 bridgehead atoms. The van der Waals surface area contributed by atoms with Gasteiger partial charge in [-0.1, -0.05) is 32.1 Å². The second-order valence-electron chi connectivity index (χ2n) is 4.29. The third-order valence-electron chi connectivity index (χ3n) is 2.59. The molecule has 0 rings (SSSR count). The Kier molecular flexibility index (Phi) is 9.30. The van der Waals surface area contributed by atoms with Crippen LogP contribution in [0.25, 0.3) is 0 Å². The fraction of sp³-hybridized carbons (Fsp3) is 1.00. The third kappa shape index (κ3) is 10.3. The summed E-state index contributed by atoms with van der Waals surface area (Å²) >= 11 is 0. The molecule has 0 atom stereocenters. The van der Waals surface area contributed by atoms with Crippen LogP contribution in [0, 0.1) is 20.2 Å². The highest BCUT2D eigenvalue weighted by Crippen LogP contribution is 2.19. The summed E-state index contributed by atoms with van der Waals surface area (Å²) in [7, 11) is 0. The Morgan fingerprint density at radius 2 is 1.25 bits per heavy atom. The van der Waals surface area contributed by atoms with Gasteiger partial charge in [0, 0.05) is 13.0 Å². The molecule has 0 saturated heterocycles. The maximum absolute atomic E-state index is 10.1. The van der Waals surface area contributed by atoms with Crippen molar-refractivity contribution in [2.45, 2.75) is 57.3 Å². The zero-order valence-electron chi connectivity index (χ0n) is 11.1. The van der Waals surface area contributed by atoms with E-state index in [0.29, 0.717) is 6.42 Å². The quantitative estimate of drug-likeness (QED) is 0.223. The van der Waals surface area contributed by atoms with Crippen LogP contribution in [0.5, 0.6) is 0 Å². The number of unbranched alkanes of at least 4 members (excludes halogenated alkanes) is 6. The maximum atomic E-state index is 10.1. The van der Waals surface area contributed by atoms with Crippen LogP contribution in [0.15, 0.2) is 0 Å². The monoisotopic (exact) mass is 296 g/mol. The third-order valence-corrected chi connectivity index (χ3v) is 2.59. The van der Waals surface area contributed by atoms with E-state index in [0.717, 1.165) is 32.1 Å². The molecule has 0 heterocycles.